The lowest BCUT2D eigenvalue weighted by atomic mass is 10.1. The van der Waals surface area contributed by atoms with Gasteiger partial charge in [0.25, 0.3) is 5.91 Å². The fourth-order valence-corrected chi connectivity index (χ4v) is 2.15. The number of hydrogen-bond donors (Lipinski definition) is 1. The summed E-state index contributed by atoms with van der Waals surface area (Å²) in [5.41, 5.74) is 2.36. The highest BCUT2D eigenvalue weighted by Crippen LogP contribution is 2.24. The molecule has 1 aromatic carbocycles. The van der Waals surface area contributed by atoms with E-state index in [-0.39, 0.29) is 5.91 Å². The summed E-state index contributed by atoms with van der Waals surface area (Å²) < 4.78 is 12.2. The Labute approximate surface area is 130 Å². The van der Waals surface area contributed by atoms with Gasteiger partial charge in [0.15, 0.2) is 0 Å². The molecule has 118 valence electrons. The summed E-state index contributed by atoms with van der Waals surface area (Å²) in [6.45, 7) is 2.41. The molecule has 0 spiro atoms. The molecule has 2 rings (SSSR count). The normalized spacial score (nSPS) is 10.4. The van der Waals surface area contributed by atoms with E-state index in [0.717, 1.165) is 22.8 Å². The molecule has 1 heterocycles. The van der Waals surface area contributed by atoms with Crippen LogP contribution in [0.25, 0.3) is 0 Å². The molecule has 0 radical (unpaired) electrons. The molecule has 0 aliphatic rings. The van der Waals surface area contributed by atoms with E-state index in [0.29, 0.717) is 18.7 Å². The lowest BCUT2D eigenvalue weighted by molar-refractivity contribution is 0.0948. The summed E-state index contributed by atoms with van der Waals surface area (Å²) >= 11 is 0. The Morgan fingerprint density at radius 2 is 2.05 bits per heavy atom. The van der Waals surface area contributed by atoms with Crippen LogP contribution >= 0.6 is 0 Å². The first-order chi connectivity index (χ1) is 10.5. The van der Waals surface area contributed by atoms with Gasteiger partial charge in [-0.3, -0.25) is 9.48 Å². The number of nitrogens with zero attached hydrogens (tertiary/aromatic N) is 2. The van der Waals surface area contributed by atoms with E-state index in [4.69, 9.17) is 9.47 Å². The van der Waals surface area contributed by atoms with Gasteiger partial charge >= 0.3 is 0 Å². The number of nitrogens with one attached hydrogen (secondary N) is 1. The van der Waals surface area contributed by atoms with Gasteiger partial charge in [0, 0.05) is 19.3 Å². The maximum absolute atomic E-state index is 12.0. The van der Waals surface area contributed by atoms with Crippen LogP contribution in [-0.4, -0.2) is 36.5 Å². The summed E-state index contributed by atoms with van der Waals surface area (Å²) in [7, 11) is 5.06. The second kappa shape index (κ2) is 6.98. The third-order valence-electron chi connectivity index (χ3n) is 3.51. The van der Waals surface area contributed by atoms with Crippen LogP contribution in [0.3, 0.4) is 0 Å². The van der Waals surface area contributed by atoms with Crippen LogP contribution in [0.2, 0.25) is 0 Å². The fraction of sp³-hybridized carbons (Fsp3) is 0.375. The van der Waals surface area contributed by atoms with Crippen molar-refractivity contribution >= 4 is 5.91 Å². The fourth-order valence-electron chi connectivity index (χ4n) is 2.15. The summed E-state index contributed by atoms with van der Waals surface area (Å²) in [5, 5.41) is 7.02. The number of hydrogen-bond acceptors (Lipinski definition) is 4. The summed E-state index contributed by atoms with van der Waals surface area (Å²) in [6.07, 6.45) is 0.651. The van der Waals surface area contributed by atoms with Crippen LogP contribution in [-0.2, 0) is 13.5 Å². The Bertz CT molecular complexity index is 645. The topological polar surface area (TPSA) is 65.4 Å². The summed E-state index contributed by atoms with van der Waals surface area (Å²) in [6, 6.07) is 7.38. The van der Waals surface area contributed by atoms with Gasteiger partial charge < -0.3 is 14.8 Å². The second-order valence-corrected chi connectivity index (χ2v) is 4.98. The maximum atomic E-state index is 12.0. The Balaban J connectivity index is 1.97. The van der Waals surface area contributed by atoms with Crippen molar-refractivity contribution in [2.75, 3.05) is 20.8 Å². The molecule has 0 bridgehead atoms. The largest absolute Gasteiger partial charge is 0.497 e. The molecule has 0 saturated heterocycles. The lowest BCUT2D eigenvalue weighted by Crippen LogP contribution is -2.26. The Morgan fingerprint density at radius 1 is 1.27 bits per heavy atom. The van der Waals surface area contributed by atoms with Gasteiger partial charge in [0.05, 0.1) is 14.2 Å². The van der Waals surface area contributed by atoms with E-state index in [1.165, 1.54) is 0 Å². The molecule has 1 aromatic heterocycles. The number of methoxy groups -OCH3 is 2. The van der Waals surface area contributed by atoms with Gasteiger partial charge in [-0.15, -0.1) is 0 Å². The molecule has 6 nitrogen and oxygen atoms in total. The van der Waals surface area contributed by atoms with Crippen LogP contribution in [0.4, 0.5) is 0 Å². The second-order valence-electron chi connectivity index (χ2n) is 4.98. The molecular weight excluding hydrogens is 282 g/mol. The number of carbonyl (C=O) groups excluding carboxylic acids is 1. The number of aryl methyl sites for hydroxylation is 2. The average Bonchev–Trinajstić information content (AvgIpc) is 2.86. The van der Waals surface area contributed by atoms with Crippen molar-refractivity contribution in [2.24, 2.45) is 7.05 Å². The van der Waals surface area contributed by atoms with Crippen molar-refractivity contribution in [3.8, 4) is 11.5 Å². The van der Waals surface area contributed by atoms with Crippen molar-refractivity contribution < 1.29 is 14.3 Å². The highest BCUT2D eigenvalue weighted by atomic mass is 16.5. The van der Waals surface area contributed by atoms with Crippen molar-refractivity contribution in [3.63, 3.8) is 0 Å². The number of carbonyl (C=O) groups is 1. The molecule has 0 atom stereocenters. The van der Waals surface area contributed by atoms with Gasteiger partial charge in [0.1, 0.15) is 17.2 Å². The van der Waals surface area contributed by atoms with Gasteiger partial charge in [-0.1, -0.05) is 0 Å². The number of rotatable bonds is 6. The minimum absolute atomic E-state index is 0.175. The number of aromatic nitrogens is 2. The molecule has 0 saturated carbocycles. The highest BCUT2D eigenvalue weighted by Gasteiger charge is 2.11. The first-order valence-corrected chi connectivity index (χ1v) is 7.05. The minimum atomic E-state index is -0.175. The van der Waals surface area contributed by atoms with Crippen LogP contribution in [0.15, 0.2) is 24.3 Å². The number of ether oxygens (including phenoxy) is 2. The highest BCUT2D eigenvalue weighted by molar-refractivity contribution is 5.92. The molecule has 1 N–H and O–H groups in total. The first kappa shape index (κ1) is 15.9. The average molecular weight is 303 g/mol. The third-order valence-corrected chi connectivity index (χ3v) is 3.51. The maximum Gasteiger partial charge on any atom is 0.271 e. The summed E-state index contributed by atoms with van der Waals surface area (Å²) in [5.74, 6) is 1.37. The van der Waals surface area contributed by atoms with Crippen molar-refractivity contribution in [1.82, 2.24) is 15.1 Å². The van der Waals surface area contributed by atoms with E-state index < -0.39 is 0 Å². The van der Waals surface area contributed by atoms with E-state index >= 15 is 0 Å². The zero-order valence-electron chi connectivity index (χ0n) is 13.3. The third kappa shape index (κ3) is 3.58. The van der Waals surface area contributed by atoms with Crippen molar-refractivity contribution in [3.05, 3.63) is 41.2 Å². The Hall–Kier alpha value is -2.50. The predicted molar refractivity (Wildman–Crippen MR) is 83.5 cm³/mol. The molecule has 22 heavy (non-hydrogen) atoms. The quantitative estimate of drug-likeness (QED) is 0.882. The Morgan fingerprint density at radius 3 is 2.64 bits per heavy atom. The van der Waals surface area contributed by atoms with Gasteiger partial charge in [-0.2, -0.15) is 5.10 Å². The molecule has 0 unspecified atom stereocenters. The number of benzene rings is 1. The number of amides is 1. The molecule has 0 fully saturated rings. The van der Waals surface area contributed by atoms with Crippen LogP contribution in [0.1, 0.15) is 21.7 Å². The molecule has 0 aliphatic heterocycles. The smallest absolute Gasteiger partial charge is 0.271 e. The van der Waals surface area contributed by atoms with E-state index in [9.17, 15) is 4.79 Å². The monoisotopic (exact) mass is 303 g/mol. The first-order valence-electron chi connectivity index (χ1n) is 7.05. The van der Waals surface area contributed by atoms with Crippen LogP contribution in [0.5, 0.6) is 11.5 Å². The van der Waals surface area contributed by atoms with Gasteiger partial charge in [0.2, 0.25) is 0 Å². The van der Waals surface area contributed by atoms with Crippen LogP contribution < -0.4 is 14.8 Å². The Kier molecular flexibility index (Phi) is 5.04. The predicted octanol–water partition coefficient (Wildman–Crippen LogP) is 1.72. The summed E-state index contributed by atoms with van der Waals surface area (Å²) in [4.78, 5) is 12.0. The van der Waals surface area contributed by atoms with Crippen molar-refractivity contribution in [2.45, 2.75) is 13.3 Å². The zero-order valence-corrected chi connectivity index (χ0v) is 13.3. The molecule has 6 heteroatoms. The van der Waals surface area contributed by atoms with Crippen LogP contribution in [0, 0.1) is 6.92 Å². The van der Waals surface area contributed by atoms with Gasteiger partial charge in [-0.25, -0.2) is 0 Å². The van der Waals surface area contributed by atoms with E-state index in [1.807, 2.05) is 32.2 Å². The SMILES string of the molecule is COc1ccc(OC)c(CCNC(=O)c2cc(C)n(C)n2)c1. The lowest BCUT2D eigenvalue weighted by Gasteiger charge is -2.10. The minimum Gasteiger partial charge on any atom is -0.497 e. The molecule has 1 amide bonds. The molecular formula is C16H21N3O3. The van der Waals surface area contributed by atoms with Crippen molar-refractivity contribution in [1.29, 1.82) is 0 Å². The standard InChI is InChI=1S/C16H21N3O3/c1-11-9-14(18-19(11)2)16(20)17-8-7-12-10-13(21-3)5-6-15(12)22-4/h5-6,9-10H,7-8H2,1-4H3,(H,17,20). The van der Waals surface area contributed by atoms with Gasteiger partial charge in [-0.05, 0) is 43.2 Å². The zero-order chi connectivity index (χ0) is 16.1. The van der Waals surface area contributed by atoms with E-state index in [1.54, 1.807) is 25.0 Å². The molecule has 2 aromatic rings. The van der Waals surface area contributed by atoms with E-state index in [2.05, 4.69) is 10.4 Å². The molecule has 0 aliphatic carbocycles.